The first kappa shape index (κ1) is 19.0. The molecule has 0 radical (unpaired) electrons. The van der Waals surface area contributed by atoms with Crippen LogP contribution in [0.4, 0.5) is 0 Å². The van der Waals surface area contributed by atoms with E-state index >= 15 is 0 Å². The number of aromatic nitrogens is 1. The van der Waals surface area contributed by atoms with Crippen molar-refractivity contribution in [2.75, 3.05) is 13.1 Å². The van der Waals surface area contributed by atoms with E-state index in [2.05, 4.69) is 10.3 Å². The second kappa shape index (κ2) is 9.65. The van der Waals surface area contributed by atoms with Gasteiger partial charge in [0.25, 0.3) is 0 Å². The molecule has 0 aromatic carbocycles. The molecule has 0 aliphatic carbocycles. The van der Waals surface area contributed by atoms with Crippen molar-refractivity contribution in [3.8, 4) is 0 Å². The molecule has 1 amide bonds. The third-order valence-electron chi connectivity index (χ3n) is 2.15. The molecule has 0 fully saturated rings. The fourth-order valence-electron chi connectivity index (χ4n) is 1.12. The lowest BCUT2D eigenvalue weighted by atomic mass is 10.1. The van der Waals surface area contributed by atoms with Crippen LogP contribution >= 0.6 is 36.2 Å². The second-order valence-corrected chi connectivity index (χ2v) is 4.60. The number of halogens is 2. The van der Waals surface area contributed by atoms with E-state index in [1.165, 1.54) is 0 Å². The third kappa shape index (κ3) is 6.83. The predicted molar refractivity (Wildman–Crippen MR) is 76.3 cm³/mol. The fraction of sp³-hybridized carbons (Fsp3) is 0.600. The van der Waals surface area contributed by atoms with E-state index in [1.54, 1.807) is 11.3 Å². The van der Waals surface area contributed by atoms with Gasteiger partial charge >= 0.3 is 0 Å². The maximum absolute atomic E-state index is 11.4. The van der Waals surface area contributed by atoms with E-state index in [0.717, 1.165) is 17.1 Å². The molecule has 1 rings (SSSR count). The van der Waals surface area contributed by atoms with Crippen molar-refractivity contribution >= 4 is 42.1 Å². The number of hydrogen-bond acceptors (Lipinski definition) is 4. The largest absolute Gasteiger partial charge is 0.355 e. The molecule has 3 N–H and O–H groups in total. The molecule has 1 aromatic heterocycles. The Morgan fingerprint density at radius 3 is 2.71 bits per heavy atom. The molecule has 7 heteroatoms. The molecule has 0 saturated heterocycles. The molecule has 0 aliphatic heterocycles. The SMILES string of the molecule is Cc1nc(CCNC(=O)C(C)CN)cs1.Cl.Cl. The van der Waals surface area contributed by atoms with Crippen LogP contribution in [0.15, 0.2) is 5.38 Å². The lowest BCUT2D eigenvalue weighted by Gasteiger charge is -2.08. The summed E-state index contributed by atoms with van der Waals surface area (Å²) >= 11 is 1.63. The summed E-state index contributed by atoms with van der Waals surface area (Å²) < 4.78 is 0. The molecule has 4 nitrogen and oxygen atoms in total. The zero-order valence-electron chi connectivity index (χ0n) is 9.93. The summed E-state index contributed by atoms with van der Waals surface area (Å²) in [7, 11) is 0. The van der Waals surface area contributed by atoms with E-state index in [9.17, 15) is 4.79 Å². The number of nitrogens with one attached hydrogen (secondary N) is 1. The number of rotatable bonds is 5. The van der Waals surface area contributed by atoms with Crippen LogP contribution in [0.2, 0.25) is 0 Å². The van der Waals surface area contributed by atoms with Gasteiger partial charge in [-0.3, -0.25) is 4.79 Å². The van der Waals surface area contributed by atoms with E-state index in [1.807, 2.05) is 19.2 Å². The Bertz CT molecular complexity index is 333. The molecule has 0 bridgehead atoms. The molecular formula is C10H19Cl2N3OS. The number of carbonyl (C=O) groups is 1. The average Bonchev–Trinajstić information content (AvgIpc) is 2.63. The minimum Gasteiger partial charge on any atom is -0.355 e. The number of nitrogens with zero attached hydrogens (tertiary/aromatic N) is 1. The fourth-order valence-corrected chi connectivity index (χ4v) is 1.77. The highest BCUT2D eigenvalue weighted by Gasteiger charge is 2.09. The summed E-state index contributed by atoms with van der Waals surface area (Å²) in [6, 6.07) is 0. The maximum atomic E-state index is 11.4. The van der Waals surface area contributed by atoms with Crippen molar-refractivity contribution < 1.29 is 4.79 Å². The van der Waals surface area contributed by atoms with Gasteiger partial charge < -0.3 is 11.1 Å². The number of carbonyl (C=O) groups excluding carboxylic acids is 1. The standard InChI is InChI=1S/C10H17N3OS.2ClH/c1-7(5-11)10(14)12-4-3-9-6-15-8(2)13-9;;/h6-7H,3-5,11H2,1-2H3,(H,12,14);2*1H. The monoisotopic (exact) mass is 299 g/mol. The summed E-state index contributed by atoms with van der Waals surface area (Å²) in [5, 5.41) is 5.92. The smallest absolute Gasteiger partial charge is 0.224 e. The number of hydrogen-bond donors (Lipinski definition) is 2. The van der Waals surface area contributed by atoms with E-state index in [4.69, 9.17) is 5.73 Å². The van der Waals surface area contributed by atoms with E-state index < -0.39 is 0 Å². The molecule has 0 aliphatic rings. The highest BCUT2D eigenvalue weighted by Crippen LogP contribution is 2.07. The van der Waals surface area contributed by atoms with Crippen molar-refractivity contribution in [2.24, 2.45) is 11.7 Å². The maximum Gasteiger partial charge on any atom is 0.224 e. The molecule has 1 unspecified atom stereocenters. The van der Waals surface area contributed by atoms with Crippen LogP contribution in [0.5, 0.6) is 0 Å². The molecular weight excluding hydrogens is 281 g/mol. The number of thiazole rings is 1. The molecule has 1 heterocycles. The Hall–Kier alpha value is -0.360. The topological polar surface area (TPSA) is 68.0 Å². The van der Waals surface area contributed by atoms with Gasteiger partial charge in [0.2, 0.25) is 5.91 Å². The molecule has 0 saturated carbocycles. The minimum atomic E-state index is -0.109. The molecule has 17 heavy (non-hydrogen) atoms. The van der Waals surface area contributed by atoms with Crippen molar-refractivity contribution in [3.05, 3.63) is 16.1 Å². The lowest BCUT2D eigenvalue weighted by Crippen LogP contribution is -2.34. The van der Waals surface area contributed by atoms with Crippen molar-refractivity contribution in [3.63, 3.8) is 0 Å². The average molecular weight is 300 g/mol. The Kier molecular flexibility index (Phi) is 10.8. The van der Waals surface area contributed by atoms with Gasteiger partial charge in [0.05, 0.1) is 10.7 Å². The second-order valence-electron chi connectivity index (χ2n) is 3.54. The number of amides is 1. The van der Waals surface area contributed by atoms with Gasteiger partial charge in [-0.2, -0.15) is 0 Å². The Morgan fingerprint density at radius 1 is 1.59 bits per heavy atom. The van der Waals surface area contributed by atoms with Gasteiger partial charge in [0, 0.05) is 30.8 Å². The third-order valence-corrected chi connectivity index (χ3v) is 2.97. The summed E-state index contributed by atoms with van der Waals surface area (Å²) in [4.78, 5) is 15.7. The highest BCUT2D eigenvalue weighted by atomic mass is 35.5. The van der Waals surface area contributed by atoms with Gasteiger partial charge in [-0.05, 0) is 6.92 Å². The zero-order valence-corrected chi connectivity index (χ0v) is 12.4. The first-order valence-corrected chi connectivity index (χ1v) is 5.90. The summed E-state index contributed by atoms with van der Waals surface area (Å²) in [6.07, 6.45) is 0.785. The van der Waals surface area contributed by atoms with Crippen molar-refractivity contribution in [1.82, 2.24) is 10.3 Å². The molecule has 0 spiro atoms. The normalized spacial score (nSPS) is 11.0. The van der Waals surface area contributed by atoms with Gasteiger partial charge in [0.1, 0.15) is 0 Å². The summed E-state index contributed by atoms with van der Waals surface area (Å²) in [5.41, 5.74) is 6.43. The minimum absolute atomic E-state index is 0. The highest BCUT2D eigenvalue weighted by molar-refractivity contribution is 7.09. The Morgan fingerprint density at radius 2 is 2.24 bits per heavy atom. The van der Waals surface area contributed by atoms with Crippen LogP contribution in [-0.2, 0) is 11.2 Å². The number of aryl methyl sites for hydroxylation is 1. The molecule has 1 atom stereocenters. The summed E-state index contributed by atoms with van der Waals surface area (Å²) in [5.74, 6) is -0.0911. The molecule has 1 aromatic rings. The van der Waals surface area contributed by atoms with Gasteiger partial charge in [-0.15, -0.1) is 36.2 Å². The van der Waals surface area contributed by atoms with Crippen LogP contribution < -0.4 is 11.1 Å². The first-order valence-electron chi connectivity index (χ1n) is 5.02. The van der Waals surface area contributed by atoms with Gasteiger partial charge in [0.15, 0.2) is 0 Å². The van der Waals surface area contributed by atoms with Crippen molar-refractivity contribution in [2.45, 2.75) is 20.3 Å². The van der Waals surface area contributed by atoms with Crippen LogP contribution in [0.3, 0.4) is 0 Å². The van der Waals surface area contributed by atoms with Gasteiger partial charge in [-0.1, -0.05) is 6.92 Å². The molecule has 100 valence electrons. The van der Waals surface area contributed by atoms with Gasteiger partial charge in [-0.25, -0.2) is 4.98 Å². The Balaban J connectivity index is 0. The Labute approximate surface area is 118 Å². The van der Waals surface area contributed by atoms with Crippen LogP contribution in [0.25, 0.3) is 0 Å². The zero-order chi connectivity index (χ0) is 11.3. The van der Waals surface area contributed by atoms with Crippen LogP contribution in [0.1, 0.15) is 17.6 Å². The van der Waals surface area contributed by atoms with Crippen LogP contribution in [0, 0.1) is 12.8 Å². The quantitative estimate of drug-likeness (QED) is 0.867. The lowest BCUT2D eigenvalue weighted by molar-refractivity contribution is -0.124. The van der Waals surface area contributed by atoms with E-state index in [-0.39, 0.29) is 36.6 Å². The summed E-state index contributed by atoms with van der Waals surface area (Å²) in [6.45, 7) is 4.82. The van der Waals surface area contributed by atoms with Crippen molar-refractivity contribution in [1.29, 1.82) is 0 Å². The predicted octanol–water partition coefficient (Wildman–Crippen LogP) is 1.55. The first-order chi connectivity index (χ1) is 7.13. The van der Waals surface area contributed by atoms with E-state index in [0.29, 0.717) is 13.1 Å². The number of nitrogens with two attached hydrogens (primary N) is 1. The van der Waals surface area contributed by atoms with Crippen LogP contribution in [-0.4, -0.2) is 24.0 Å².